The molecule has 0 saturated heterocycles. The summed E-state index contributed by atoms with van der Waals surface area (Å²) in [6.07, 6.45) is 0. The highest BCUT2D eigenvalue weighted by molar-refractivity contribution is 9.10. The fourth-order valence-corrected chi connectivity index (χ4v) is 1.34. The van der Waals surface area contributed by atoms with Crippen LogP contribution in [0.3, 0.4) is 0 Å². The second kappa shape index (κ2) is 5.11. The topological polar surface area (TPSA) is 49.3 Å². The summed E-state index contributed by atoms with van der Waals surface area (Å²) >= 11 is 3.21. The smallest absolute Gasteiger partial charge is 0.308 e. The zero-order valence-electron chi connectivity index (χ0n) is 8.13. The Labute approximate surface area is 95.4 Å². The molecule has 0 fully saturated rings. The maximum atomic E-state index is 13.2. The number of rotatable bonds is 4. The van der Waals surface area contributed by atoms with Gasteiger partial charge in [0.1, 0.15) is 5.82 Å². The van der Waals surface area contributed by atoms with Gasteiger partial charge in [0, 0.05) is 11.0 Å². The molecule has 0 aromatic heterocycles. The Morgan fingerprint density at radius 3 is 2.93 bits per heavy atom. The Kier molecular flexibility index (Phi) is 4.08. The third-order valence-corrected chi connectivity index (χ3v) is 2.44. The van der Waals surface area contributed by atoms with Gasteiger partial charge in [0.15, 0.2) is 0 Å². The van der Waals surface area contributed by atoms with Gasteiger partial charge in [-0.3, -0.25) is 4.79 Å². The van der Waals surface area contributed by atoms with Gasteiger partial charge in [0.05, 0.1) is 11.6 Å². The van der Waals surface area contributed by atoms with Gasteiger partial charge in [0.2, 0.25) is 0 Å². The SMILES string of the molecule is CC(CNc1cc(Br)ccc1F)C(=O)O. The van der Waals surface area contributed by atoms with Crippen LogP contribution in [0.4, 0.5) is 10.1 Å². The largest absolute Gasteiger partial charge is 0.481 e. The van der Waals surface area contributed by atoms with E-state index in [1.54, 1.807) is 19.1 Å². The Bertz CT molecular complexity index is 370. The van der Waals surface area contributed by atoms with Crippen LogP contribution in [-0.4, -0.2) is 17.6 Å². The molecule has 0 radical (unpaired) electrons. The molecule has 1 atom stereocenters. The van der Waals surface area contributed by atoms with Crippen LogP contribution in [0.2, 0.25) is 0 Å². The average molecular weight is 276 g/mol. The fourth-order valence-electron chi connectivity index (χ4n) is 0.983. The number of hydrogen-bond acceptors (Lipinski definition) is 2. The molecule has 0 amide bonds. The van der Waals surface area contributed by atoms with Crippen LogP contribution in [-0.2, 0) is 4.79 Å². The van der Waals surface area contributed by atoms with E-state index in [9.17, 15) is 9.18 Å². The molecule has 1 unspecified atom stereocenters. The molecular formula is C10H11BrFNO2. The van der Waals surface area contributed by atoms with Crippen molar-refractivity contribution in [3.63, 3.8) is 0 Å². The lowest BCUT2D eigenvalue weighted by Gasteiger charge is -2.10. The van der Waals surface area contributed by atoms with Crippen LogP contribution < -0.4 is 5.32 Å². The predicted octanol–water partition coefficient (Wildman–Crippen LogP) is 2.72. The number of anilines is 1. The van der Waals surface area contributed by atoms with E-state index in [1.165, 1.54) is 6.07 Å². The van der Waals surface area contributed by atoms with Gasteiger partial charge in [0.25, 0.3) is 0 Å². The van der Waals surface area contributed by atoms with Gasteiger partial charge in [-0.15, -0.1) is 0 Å². The van der Waals surface area contributed by atoms with Crippen LogP contribution in [0.15, 0.2) is 22.7 Å². The van der Waals surface area contributed by atoms with Crippen LogP contribution in [0.25, 0.3) is 0 Å². The van der Waals surface area contributed by atoms with Crippen LogP contribution in [0.5, 0.6) is 0 Å². The van der Waals surface area contributed by atoms with E-state index in [2.05, 4.69) is 21.2 Å². The summed E-state index contributed by atoms with van der Waals surface area (Å²) in [5, 5.41) is 11.4. The zero-order chi connectivity index (χ0) is 11.4. The molecule has 2 N–H and O–H groups in total. The summed E-state index contributed by atoms with van der Waals surface area (Å²) in [6, 6.07) is 4.48. The quantitative estimate of drug-likeness (QED) is 0.889. The van der Waals surface area contributed by atoms with Crippen molar-refractivity contribution in [2.24, 2.45) is 5.92 Å². The molecule has 0 aliphatic heterocycles. The van der Waals surface area contributed by atoms with Crippen molar-refractivity contribution in [1.82, 2.24) is 0 Å². The molecule has 1 aromatic carbocycles. The lowest BCUT2D eigenvalue weighted by molar-refractivity contribution is -0.140. The molecule has 0 aliphatic rings. The first kappa shape index (κ1) is 12.0. The van der Waals surface area contributed by atoms with Crippen molar-refractivity contribution in [3.05, 3.63) is 28.5 Å². The van der Waals surface area contributed by atoms with Gasteiger partial charge in [-0.1, -0.05) is 22.9 Å². The molecule has 15 heavy (non-hydrogen) atoms. The van der Waals surface area contributed by atoms with Crippen molar-refractivity contribution in [1.29, 1.82) is 0 Å². The van der Waals surface area contributed by atoms with Crippen molar-refractivity contribution in [3.8, 4) is 0 Å². The molecule has 82 valence electrons. The van der Waals surface area contributed by atoms with Crippen molar-refractivity contribution in [2.75, 3.05) is 11.9 Å². The fraction of sp³-hybridized carbons (Fsp3) is 0.300. The summed E-state index contributed by atoms with van der Waals surface area (Å²) in [4.78, 5) is 10.5. The molecule has 0 heterocycles. The standard InChI is InChI=1S/C10H11BrFNO2/c1-6(10(14)15)5-13-9-4-7(11)2-3-8(9)12/h2-4,6,13H,5H2,1H3,(H,14,15). The maximum absolute atomic E-state index is 13.2. The number of carbonyl (C=O) groups is 1. The second-order valence-electron chi connectivity index (χ2n) is 3.24. The van der Waals surface area contributed by atoms with E-state index in [0.29, 0.717) is 5.69 Å². The first-order valence-electron chi connectivity index (χ1n) is 4.42. The first-order chi connectivity index (χ1) is 7.00. The van der Waals surface area contributed by atoms with Gasteiger partial charge in [-0.05, 0) is 18.2 Å². The molecule has 0 bridgehead atoms. The van der Waals surface area contributed by atoms with E-state index in [-0.39, 0.29) is 6.54 Å². The molecular weight excluding hydrogens is 265 g/mol. The normalized spacial score (nSPS) is 12.2. The number of hydrogen-bond donors (Lipinski definition) is 2. The monoisotopic (exact) mass is 275 g/mol. The van der Waals surface area contributed by atoms with Gasteiger partial charge in [-0.2, -0.15) is 0 Å². The number of carboxylic acid groups (broad SMARTS) is 1. The minimum absolute atomic E-state index is 0.197. The highest BCUT2D eigenvalue weighted by Gasteiger charge is 2.11. The highest BCUT2D eigenvalue weighted by atomic mass is 79.9. The second-order valence-corrected chi connectivity index (χ2v) is 4.16. The maximum Gasteiger partial charge on any atom is 0.308 e. The molecule has 0 aliphatic carbocycles. The summed E-state index contributed by atoms with van der Waals surface area (Å²) in [7, 11) is 0. The van der Waals surface area contributed by atoms with Crippen LogP contribution in [0.1, 0.15) is 6.92 Å². The van der Waals surface area contributed by atoms with Crippen LogP contribution >= 0.6 is 15.9 Å². The van der Waals surface area contributed by atoms with Crippen LogP contribution in [0, 0.1) is 11.7 Å². The van der Waals surface area contributed by atoms with Crippen molar-refractivity contribution in [2.45, 2.75) is 6.92 Å². The summed E-state index contributed by atoms with van der Waals surface area (Å²) in [5.41, 5.74) is 0.303. The molecule has 0 saturated carbocycles. The average Bonchev–Trinajstić information content (AvgIpc) is 2.18. The minimum atomic E-state index is -0.905. The van der Waals surface area contributed by atoms with Gasteiger partial charge >= 0.3 is 5.97 Å². The number of benzene rings is 1. The summed E-state index contributed by atoms with van der Waals surface area (Å²) in [5.74, 6) is -1.85. The van der Waals surface area contributed by atoms with E-state index >= 15 is 0 Å². The lowest BCUT2D eigenvalue weighted by Crippen LogP contribution is -2.20. The lowest BCUT2D eigenvalue weighted by atomic mass is 10.2. The van der Waals surface area contributed by atoms with Gasteiger partial charge < -0.3 is 10.4 Å². The molecule has 3 nitrogen and oxygen atoms in total. The van der Waals surface area contributed by atoms with Crippen molar-refractivity contribution >= 4 is 27.6 Å². The number of carboxylic acids is 1. The zero-order valence-corrected chi connectivity index (χ0v) is 9.71. The van der Waals surface area contributed by atoms with E-state index in [4.69, 9.17) is 5.11 Å². The van der Waals surface area contributed by atoms with Gasteiger partial charge in [-0.25, -0.2) is 4.39 Å². The predicted molar refractivity (Wildman–Crippen MR) is 59.4 cm³/mol. The Hall–Kier alpha value is -1.10. The molecule has 1 aromatic rings. The number of nitrogens with one attached hydrogen (secondary N) is 1. The minimum Gasteiger partial charge on any atom is -0.481 e. The Morgan fingerprint density at radius 1 is 1.67 bits per heavy atom. The van der Waals surface area contributed by atoms with E-state index in [0.717, 1.165) is 4.47 Å². The van der Waals surface area contributed by atoms with E-state index in [1.807, 2.05) is 0 Å². The third-order valence-electron chi connectivity index (χ3n) is 1.95. The Balaban J connectivity index is 2.65. The number of aliphatic carboxylic acids is 1. The van der Waals surface area contributed by atoms with E-state index < -0.39 is 17.7 Å². The summed E-state index contributed by atoms with van der Waals surface area (Å²) < 4.78 is 13.9. The molecule has 0 spiro atoms. The highest BCUT2D eigenvalue weighted by Crippen LogP contribution is 2.20. The Morgan fingerprint density at radius 2 is 2.33 bits per heavy atom. The number of halogens is 2. The third kappa shape index (κ3) is 3.51. The molecule has 5 heteroatoms. The summed E-state index contributed by atoms with van der Waals surface area (Å²) in [6.45, 7) is 1.76. The van der Waals surface area contributed by atoms with Crippen molar-refractivity contribution < 1.29 is 14.3 Å². The molecule has 1 rings (SSSR count). The first-order valence-corrected chi connectivity index (χ1v) is 5.21.